The van der Waals surface area contributed by atoms with E-state index in [4.69, 9.17) is 31.2 Å². The Labute approximate surface area is 266 Å². The summed E-state index contributed by atoms with van der Waals surface area (Å²) in [5.74, 6) is 0. The van der Waals surface area contributed by atoms with Gasteiger partial charge in [-0.3, -0.25) is 0 Å². The lowest BCUT2D eigenvalue weighted by Crippen LogP contribution is -2.65. The van der Waals surface area contributed by atoms with E-state index in [1.165, 1.54) is 0 Å². The lowest BCUT2D eigenvalue weighted by molar-refractivity contribution is -0.367. The van der Waals surface area contributed by atoms with E-state index in [2.05, 4.69) is 19.6 Å². The molecule has 0 amide bonds. The minimum atomic E-state index is -1.98. The van der Waals surface area contributed by atoms with Gasteiger partial charge in [-0.1, -0.05) is 44.8 Å². The third kappa shape index (κ3) is 10.6. The predicted octanol–water partition coefficient (Wildman–Crippen LogP) is -4.44. The number of aliphatic hydroxyl groups excluding tert-OH is 11. The molecule has 18 heteroatoms. The van der Waals surface area contributed by atoms with Crippen molar-refractivity contribution < 1.29 is 75.1 Å². The van der Waals surface area contributed by atoms with Crippen molar-refractivity contribution in [1.29, 1.82) is 0 Å². The fourth-order valence-corrected chi connectivity index (χ4v) is 5.40. The number of hydrogen-bond donors (Lipinski definition) is 12. The first kappa shape index (κ1) is 39.8. The Morgan fingerprint density at radius 3 is 1.95 bits per heavy atom. The molecule has 16 nitrogen and oxygen atoms in total. The number of unbranched alkanes of at least 4 members (excludes halogenated alkanes) is 4. The number of nitrogens with zero attached hydrogens (tertiary/aromatic N) is 1. The maximum Gasteiger partial charge on any atom is 0.187 e. The molecule has 2 heterocycles. The largest absolute Gasteiger partial charge is 0.394 e. The van der Waals surface area contributed by atoms with Gasteiger partial charge in [0, 0.05) is 13.1 Å². The van der Waals surface area contributed by atoms with Gasteiger partial charge in [0.05, 0.1) is 19.8 Å². The van der Waals surface area contributed by atoms with E-state index in [0.29, 0.717) is 6.54 Å². The van der Waals surface area contributed by atoms with Gasteiger partial charge in [-0.15, -0.1) is 12.6 Å². The topological polar surface area (TPSA) is 263 Å². The summed E-state index contributed by atoms with van der Waals surface area (Å²) in [7, 11) is 0. The van der Waals surface area contributed by atoms with Crippen molar-refractivity contribution in [2.75, 3.05) is 32.9 Å². The minimum Gasteiger partial charge on any atom is -0.394 e. The molecule has 2 fully saturated rings. The lowest BCUT2D eigenvalue weighted by atomic mass is 9.96. The molecule has 0 bridgehead atoms. The van der Waals surface area contributed by atoms with Crippen LogP contribution in [0.1, 0.15) is 39.0 Å². The van der Waals surface area contributed by atoms with Gasteiger partial charge in [0.15, 0.2) is 12.6 Å². The van der Waals surface area contributed by atoms with Crippen LogP contribution in [0.3, 0.4) is 0 Å². The highest BCUT2D eigenvalue weighted by Gasteiger charge is 2.51. The molecular weight excluding hydrogens is 630 g/mol. The zero-order chi connectivity index (χ0) is 33.1. The Hall–Kier alpha value is -0.360. The van der Waals surface area contributed by atoms with Gasteiger partial charge in [0.2, 0.25) is 0 Å². The summed E-state index contributed by atoms with van der Waals surface area (Å²) >= 11 is 9.33. The van der Waals surface area contributed by atoms with E-state index in [9.17, 15) is 56.2 Å². The van der Waals surface area contributed by atoms with Crippen LogP contribution in [-0.4, -0.2) is 184 Å². The smallest absolute Gasteiger partial charge is 0.187 e. The van der Waals surface area contributed by atoms with Gasteiger partial charge in [-0.25, -0.2) is 0 Å². The van der Waals surface area contributed by atoms with Crippen molar-refractivity contribution >= 4 is 29.2 Å². The Bertz CT molecular complexity index is 832. The van der Waals surface area contributed by atoms with Crippen LogP contribution in [-0.2, 0) is 18.9 Å². The van der Waals surface area contributed by atoms with E-state index in [-0.39, 0.29) is 10.9 Å². The highest BCUT2D eigenvalue weighted by atomic mass is 32.1. The maximum atomic E-state index is 10.9. The molecule has 260 valence electrons. The average Bonchev–Trinajstić information content (AvgIpc) is 3.01. The molecule has 11 N–H and O–H groups in total. The van der Waals surface area contributed by atoms with E-state index < -0.39 is 106 Å². The second-order valence-corrected chi connectivity index (χ2v) is 12.2. The monoisotopic (exact) mass is 679 g/mol. The van der Waals surface area contributed by atoms with Crippen LogP contribution < -0.4 is 0 Å². The van der Waals surface area contributed by atoms with Crippen molar-refractivity contribution in [1.82, 2.24) is 4.90 Å². The molecule has 0 aromatic rings. The van der Waals surface area contributed by atoms with Crippen LogP contribution in [0.4, 0.5) is 0 Å². The Balaban J connectivity index is 2.12. The molecule has 0 spiro atoms. The Kier molecular flexibility index (Phi) is 17.6. The number of aliphatic hydroxyl groups is 11. The first-order valence-corrected chi connectivity index (χ1v) is 15.5. The zero-order valence-electron chi connectivity index (χ0n) is 24.5. The molecule has 2 saturated heterocycles. The van der Waals surface area contributed by atoms with Crippen LogP contribution in [0.15, 0.2) is 0 Å². The Morgan fingerprint density at radius 2 is 1.39 bits per heavy atom. The molecule has 44 heavy (non-hydrogen) atoms. The van der Waals surface area contributed by atoms with Crippen molar-refractivity contribution in [2.45, 2.75) is 125 Å². The molecule has 0 aromatic carbocycles. The fraction of sp³-hybridized carbons (Fsp3) is 0.962. The first-order valence-electron chi connectivity index (χ1n) is 14.7. The maximum absolute atomic E-state index is 10.9. The third-order valence-corrected chi connectivity index (χ3v) is 8.30. The van der Waals surface area contributed by atoms with Gasteiger partial charge in [0.1, 0.15) is 77.6 Å². The SMILES string of the molecule is CCCCCCCN(C[C@H](O)[C@@H](O)[C@H](O[C@H]1O[C@H](CO)[C@@H](O[C@H]2O[C@H](CO)[C@@H](O)[C@H](O)[C@H]2O)[C@H](O)[C@H]1O)[C@H](O)CO)C(=S)S. The molecular formula is C26H49NO15S2. The summed E-state index contributed by atoms with van der Waals surface area (Å²) < 4.78 is 22.0. The number of hydrogen-bond acceptors (Lipinski definition) is 16. The van der Waals surface area contributed by atoms with Crippen molar-refractivity contribution in [3.8, 4) is 0 Å². The summed E-state index contributed by atoms with van der Waals surface area (Å²) in [5, 5.41) is 113. The van der Waals surface area contributed by atoms with Gasteiger partial charge < -0.3 is 80.0 Å². The molecule has 0 aromatic heterocycles. The second-order valence-electron chi connectivity index (χ2n) is 11.1. The van der Waals surface area contributed by atoms with Crippen LogP contribution in [0.2, 0.25) is 0 Å². The summed E-state index contributed by atoms with van der Waals surface area (Å²) in [5.41, 5.74) is 0. The van der Waals surface area contributed by atoms with E-state index in [1.807, 2.05) is 0 Å². The van der Waals surface area contributed by atoms with Gasteiger partial charge in [-0.2, -0.15) is 0 Å². The number of ether oxygens (including phenoxy) is 4. The minimum absolute atomic E-state index is 0.164. The third-order valence-electron chi connectivity index (χ3n) is 7.76. The lowest BCUT2D eigenvalue weighted by Gasteiger charge is -2.46. The normalized spacial score (nSPS) is 35.6. The van der Waals surface area contributed by atoms with E-state index in [0.717, 1.165) is 32.1 Å². The summed E-state index contributed by atoms with van der Waals surface area (Å²) in [6.07, 6.45) is -19.5. The van der Waals surface area contributed by atoms with Crippen molar-refractivity contribution in [2.24, 2.45) is 0 Å². The van der Waals surface area contributed by atoms with Gasteiger partial charge >= 0.3 is 0 Å². The molecule has 0 unspecified atom stereocenters. The highest BCUT2D eigenvalue weighted by molar-refractivity contribution is 8.10. The van der Waals surface area contributed by atoms with Gasteiger partial charge in [-0.05, 0) is 6.42 Å². The molecule has 14 atom stereocenters. The van der Waals surface area contributed by atoms with Gasteiger partial charge in [0.25, 0.3) is 0 Å². The highest BCUT2D eigenvalue weighted by Crippen LogP contribution is 2.30. The molecule has 0 aliphatic carbocycles. The van der Waals surface area contributed by atoms with Crippen LogP contribution in [0, 0.1) is 0 Å². The zero-order valence-corrected chi connectivity index (χ0v) is 26.2. The molecule has 2 rings (SSSR count). The summed E-state index contributed by atoms with van der Waals surface area (Å²) in [4.78, 5) is 1.55. The number of rotatable bonds is 18. The molecule has 2 aliphatic heterocycles. The number of thiol groups is 1. The van der Waals surface area contributed by atoms with Crippen molar-refractivity contribution in [3.05, 3.63) is 0 Å². The van der Waals surface area contributed by atoms with E-state index in [1.54, 1.807) is 4.90 Å². The molecule has 0 radical (unpaired) electrons. The average molecular weight is 680 g/mol. The van der Waals surface area contributed by atoms with Crippen LogP contribution >= 0.6 is 24.8 Å². The summed E-state index contributed by atoms with van der Waals surface area (Å²) in [6.45, 7) is -0.218. The van der Waals surface area contributed by atoms with Crippen LogP contribution in [0.5, 0.6) is 0 Å². The quantitative estimate of drug-likeness (QED) is 0.0370. The molecule has 2 aliphatic rings. The predicted molar refractivity (Wildman–Crippen MR) is 158 cm³/mol. The first-order chi connectivity index (χ1) is 20.8. The van der Waals surface area contributed by atoms with Crippen LogP contribution in [0.25, 0.3) is 0 Å². The standard InChI is InChI=1S/C26H49NO15S2/c1-2-3-4-5-6-7-27(26(43)44)8-12(31)16(33)22(13(32)9-28)41-25-21(38)19(36)23(15(11-30)40-25)42-24-20(37)18(35)17(34)14(10-29)39-24/h12-25,28-38H,2-11H2,1H3,(H,43,44)/t12-,13+,14+,15+,16+,17+,18-,19+,20+,21+,22+,23+,24+,25+/m0/s1. The fourth-order valence-electron chi connectivity index (χ4n) is 5.05. The van der Waals surface area contributed by atoms with Crippen molar-refractivity contribution in [3.63, 3.8) is 0 Å². The summed E-state index contributed by atoms with van der Waals surface area (Å²) in [6, 6.07) is 0. The Morgan fingerprint density at radius 1 is 0.795 bits per heavy atom. The molecule has 0 saturated carbocycles. The van der Waals surface area contributed by atoms with E-state index >= 15 is 0 Å². The second kappa shape index (κ2) is 19.5. The number of thiocarbonyl (C=S) groups is 1.